The van der Waals surface area contributed by atoms with Gasteiger partial charge in [-0.05, 0) is 12.5 Å². The molecule has 0 bridgehead atoms. The molecule has 1 aromatic heterocycles. The molecule has 0 radical (unpaired) electrons. The van der Waals surface area contributed by atoms with Crippen molar-refractivity contribution in [3.8, 4) is 11.8 Å². The maximum Gasteiger partial charge on any atom is 0.407 e. The number of carbonyl (C=O) groups excluding carboxylic acids is 1. The summed E-state index contributed by atoms with van der Waals surface area (Å²) in [6.45, 7) is 2.80. The molecule has 1 aliphatic rings. The molecule has 0 aliphatic carbocycles. The molecule has 1 fully saturated rings. The Bertz CT molecular complexity index is 533. The van der Waals surface area contributed by atoms with E-state index >= 15 is 0 Å². The zero-order valence-electron chi connectivity index (χ0n) is 12.1. The first-order valence-electron chi connectivity index (χ1n) is 6.95. The van der Waals surface area contributed by atoms with Crippen molar-refractivity contribution in [3.63, 3.8) is 0 Å². The Labute approximate surface area is 128 Å². The van der Waals surface area contributed by atoms with Crippen LogP contribution in [-0.2, 0) is 11.3 Å². The van der Waals surface area contributed by atoms with Crippen LogP contribution < -0.4 is 5.32 Å². The summed E-state index contributed by atoms with van der Waals surface area (Å²) in [4.78, 5) is 14.8. The van der Waals surface area contributed by atoms with Gasteiger partial charge in [-0.1, -0.05) is 11.8 Å². The second-order valence-electron chi connectivity index (χ2n) is 4.93. The molecule has 5 nitrogen and oxygen atoms in total. The predicted molar refractivity (Wildman–Crippen MR) is 82.1 cm³/mol. The molecule has 0 saturated carbocycles. The molecule has 2 N–H and O–H groups in total. The fraction of sp³-hybridized carbons (Fsp3) is 0.533. The Morgan fingerprint density at radius 2 is 2.52 bits per heavy atom. The molecule has 1 unspecified atom stereocenters. The number of amides is 1. The number of nitrogens with zero attached hydrogens (tertiary/aromatic N) is 1. The molecule has 1 amide bonds. The van der Waals surface area contributed by atoms with Crippen molar-refractivity contribution in [2.75, 3.05) is 26.8 Å². The van der Waals surface area contributed by atoms with Crippen molar-refractivity contribution >= 4 is 17.4 Å². The number of methoxy groups -OCH3 is 1. The molecule has 1 atom stereocenters. The topological polar surface area (TPSA) is 61.8 Å². The van der Waals surface area contributed by atoms with Crippen LogP contribution in [-0.4, -0.2) is 48.9 Å². The van der Waals surface area contributed by atoms with Gasteiger partial charge in [0.15, 0.2) is 0 Å². The molecule has 1 aliphatic heterocycles. The van der Waals surface area contributed by atoms with Crippen LogP contribution in [0.15, 0.2) is 11.4 Å². The van der Waals surface area contributed by atoms with Gasteiger partial charge in [0.25, 0.3) is 0 Å². The largest absolute Gasteiger partial charge is 0.453 e. The summed E-state index contributed by atoms with van der Waals surface area (Å²) in [7, 11) is 1.38. The summed E-state index contributed by atoms with van der Waals surface area (Å²) >= 11 is 1.70. The number of alkyl carbamates (subject to hydrolysis) is 1. The van der Waals surface area contributed by atoms with Gasteiger partial charge < -0.3 is 15.2 Å². The zero-order chi connectivity index (χ0) is 15.1. The standard InChI is InChI=1S/C15H20N2O3S/c1-20-15(19)16-13-5-6-17(9-13)10-14-8-12(11-21-14)4-2-3-7-18/h8,11,13,18H,3,5-7,9-10H2,1H3,(H,16,19). The van der Waals surface area contributed by atoms with E-state index in [4.69, 9.17) is 5.11 Å². The van der Waals surface area contributed by atoms with E-state index in [-0.39, 0.29) is 18.7 Å². The number of carbonyl (C=O) groups is 1. The average Bonchev–Trinajstić information content (AvgIpc) is 3.09. The van der Waals surface area contributed by atoms with Crippen LogP contribution in [0.2, 0.25) is 0 Å². The fourth-order valence-electron chi connectivity index (χ4n) is 2.29. The molecular weight excluding hydrogens is 288 g/mol. The number of aliphatic hydroxyl groups excluding tert-OH is 1. The van der Waals surface area contributed by atoms with Crippen LogP contribution in [0.5, 0.6) is 0 Å². The van der Waals surface area contributed by atoms with Gasteiger partial charge in [-0.3, -0.25) is 4.90 Å². The van der Waals surface area contributed by atoms with Crippen LogP contribution in [0, 0.1) is 11.8 Å². The molecule has 2 heterocycles. The molecule has 21 heavy (non-hydrogen) atoms. The van der Waals surface area contributed by atoms with Gasteiger partial charge in [0.05, 0.1) is 13.7 Å². The van der Waals surface area contributed by atoms with Crippen molar-refractivity contribution in [1.82, 2.24) is 10.2 Å². The van der Waals surface area contributed by atoms with E-state index < -0.39 is 0 Å². The number of ether oxygens (including phenoxy) is 1. The van der Waals surface area contributed by atoms with Gasteiger partial charge in [-0.2, -0.15) is 0 Å². The van der Waals surface area contributed by atoms with Crippen LogP contribution >= 0.6 is 11.3 Å². The van der Waals surface area contributed by atoms with Crippen LogP contribution in [0.3, 0.4) is 0 Å². The lowest BCUT2D eigenvalue weighted by atomic mass is 10.3. The molecular formula is C15H20N2O3S. The zero-order valence-corrected chi connectivity index (χ0v) is 12.9. The van der Waals surface area contributed by atoms with Crippen LogP contribution in [0.1, 0.15) is 23.3 Å². The van der Waals surface area contributed by atoms with E-state index in [9.17, 15) is 4.79 Å². The molecule has 2 rings (SSSR count). The fourth-order valence-corrected chi connectivity index (χ4v) is 3.15. The summed E-state index contributed by atoms with van der Waals surface area (Å²) in [6, 6.07) is 2.26. The van der Waals surface area contributed by atoms with Crippen molar-refractivity contribution in [1.29, 1.82) is 0 Å². The van der Waals surface area contributed by atoms with E-state index in [1.807, 2.05) is 5.38 Å². The van der Waals surface area contributed by atoms with Gasteiger partial charge in [-0.25, -0.2) is 4.79 Å². The van der Waals surface area contributed by atoms with Crippen LogP contribution in [0.4, 0.5) is 4.79 Å². The number of aliphatic hydroxyl groups is 1. The molecule has 1 aromatic rings. The lowest BCUT2D eigenvalue weighted by Crippen LogP contribution is -2.36. The highest BCUT2D eigenvalue weighted by molar-refractivity contribution is 7.10. The third-order valence-electron chi connectivity index (χ3n) is 3.28. The maximum absolute atomic E-state index is 11.2. The number of hydrogen-bond acceptors (Lipinski definition) is 5. The summed E-state index contributed by atoms with van der Waals surface area (Å²) in [5.41, 5.74) is 1.01. The van der Waals surface area contributed by atoms with Crippen molar-refractivity contribution in [2.24, 2.45) is 0 Å². The van der Waals surface area contributed by atoms with Gasteiger partial charge in [0.1, 0.15) is 0 Å². The average molecular weight is 308 g/mol. The highest BCUT2D eigenvalue weighted by Crippen LogP contribution is 2.19. The number of nitrogens with one attached hydrogen (secondary N) is 1. The Morgan fingerprint density at radius 3 is 3.29 bits per heavy atom. The number of rotatable bonds is 4. The monoisotopic (exact) mass is 308 g/mol. The van der Waals surface area contributed by atoms with Gasteiger partial charge in [-0.15, -0.1) is 11.3 Å². The van der Waals surface area contributed by atoms with Crippen molar-refractivity contribution in [2.45, 2.75) is 25.4 Å². The van der Waals surface area contributed by atoms with Crippen molar-refractivity contribution < 1.29 is 14.6 Å². The lowest BCUT2D eigenvalue weighted by molar-refractivity contribution is 0.166. The first-order valence-corrected chi connectivity index (χ1v) is 7.83. The molecule has 6 heteroatoms. The minimum Gasteiger partial charge on any atom is -0.453 e. The van der Waals surface area contributed by atoms with Crippen LogP contribution in [0.25, 0.3) is 0 Å². The van der Waals surface area contributed by atoms with Gasteiger partial charge in [0.2, 0.25) is 0 Å². The van der Waals surface area contributed by atoms with Gasteiger partial charge in [0, 0.05) is 47.9 Å². The minimum atomic E-state index is -0.362. The van der Waals surface area contributed by atoms with Gasteiger partial charge >= 0.3 is 6.09 Å². The SMILES string of the molecule is COC(=O)NC1CCN(Cc2cc(C#CCCO)cs2)C1. The Morgan fingerprint density at radius 1 is 1.67 bits per heavy atom. The molecule has 0 spiro atoms. The minimum absolute atomic E-state index is 0.104. The normalized spacial score (nSPS) is 18.1. The molecule has 0 aromatic carbocycles. The van der Waals surface area contributed by atoms with E-state index in [1.54, 1.807) is 11.3 Å². The molecule has 1 saturated heterocycles. The number of likely N-dealkylation sites (tertiary alicyclic amines) is 1. The summed E-state index contributed by atoms with van der Waals surface area (Å²) in [6.07, 6.45) is 1.10. The van der Waals surface area contributed by atoms with E-state index in [0.29, 0.717) is 6.42 Å². The summed E-state index contributed by atoms with van der Waals surface area (Å²) in [5, 5.41) is 13.6. The number of hydrogen-bond donors (Lipinski definition) is 2. The summed E-state index contributed by atoms with van der Waals surface area (Å²) < 4.78 is 4.62. The Hall–Kier alpha value is -1.55. The second kappa shape index (κ2) is 8.03. The predicted octanol–water partition coefficient (Wildman–Crippen LogP) is 1.41. The Kier molecular flexibility index (Phi) is 6.05. The summed E-state index contributed by atoms with van der Waals surface area (Å²) in [5.74, 6) is 5.97. The smallest absolute Gasteiger partial charge is 0.407 e. The first-order chi connectivity index (χ1) is 10.2. The lowest BCUT2D eigenvalue weighted by Gasteiger charge is -2.15. The third-order valence-corrected chi connectivity index (χ3v) is 4.20. The van der Waals surface area contributed by atoms with Crippen molar-refractivity contribution in [3.05, 3.63) is 21.9 Å². The van der Waals surface area contributed by atoms with E-state index in [2.05, 4.69) is 32.9 Å². The highest BCUT2D eigenvalue weighted by atomic mass is 32.1. The second-order valence-corrected chi connectivity index (χ2v) is 5.93. The molecule has 114 valence electrons. The number of thiophene rings is 1. The quantitative estimate of drug-likeness (QED) is 0.826. The third kappa shape index (κ3) is 5.05. The first kappa shape index (κ1) is 15.8. The Balaban J connectivity index is 1.81. The maximum atomic E-state index is 11.2. The van der Waals surface area contributed by atoms with E-state index in [1.165, 1.54) is 12.0 Å². The highest BCUT2D eigenvalue weighted by Gasteiger charge is 2.24. The van der Waals surface area contributed by atoms with E-state index in [0.717, 1.165) is 31.6 Å².